The van der Waals surface area contributed by atoms with E-state index in [0.29, 0.717) is 49.8 Å². The summed E-state index contributed by atoms with van der Waals surface area (Å²) in [7, 11) is 0.631. The molecule has 1 saturated heterocycles. The summed E-state index contributed by atoms with van der Waals surface area (Å²) in [6, 6.07) is 11.8. The number of likely N-dealkylation sites (N-methyl/N-ethyl adjacent to an activating group) is 1. The molecule has 1 aromatic heterocycles. The molecule has 10 nitrogen and oxygen atoms in total. The second kappa shape index (κ2) is 11.4. The Bertz CT molecular complexity index is 1430. The minimum absolute atomic E-state index is 0.0271. The number of hydrogen-bond donors (Lipinski definition) is 1. The molecular weight excluding hydrogens is 528 g/mol. The molecule has 1 N–H and O–H groups in total. The summed E-state index contributed by atoms with van der Waals surface area (Å²) < 4.78 is 37.2. The highest BCUT2D eigenvalue weighted by Gasteiger charge is 2.36. The number of anilines is 1. The number of fused-ring (bicyclic) bond motifs is 1. The van der Waals surface area contributed by atoms with Gasteiger partial charge in [0, 0.05) is 18.5 Å². The number of rotatable bonds is 11. The Labute approximate surface area is 225 Å². The molecule has 3 aromatic rings. The van der Waals surface area contributed by atoms with Crippen LogP contribution in [0.3, 0.4) is 0 Å². The fourth-order valence-electron chi connectivity index (χ4n) is 3.87. The van der Waals surface area contributed by atoms with Crippen molar-refractivity contribution in [2.45, 2.75) is 35.5 Å². The molecule has 0 radical (unpaired) electrons. The summed E-state index contributed by atoms with van der Waals surface area (Å²) in [4.78, 5) is 25.7. The fourth-order valence-corrected chi connectivity index (χ4v) is 6.42. The number of sulfone groups is 1. The van der Waals surface area contributed by atoms with Crippen molar-refractivity contribution < 1.29 is 27.5 Å². The maximum absolute atomic E-state index is 13.3. The van der Waals surface area contributed by atoms with Crippen molar-refractivity contribution >= 4 is 48.1 Å². The third kappa shape index (κ3) is 6.32. The van der Waals surface area contributed by atoms with E-state index in [1.54, 1.807) is 12.1 Å². The van der Waals surface area contributed by atoms with Crippen LogP contribution in [0.2, 0.25) is 0 Å². The molecule has 5 rings (SSSR count). The lowest BCUT2D eigenvalue weighted by molar-refractivity contribution is -0.110. The van der Waals surface area contributed by atoms with Crippen LogP contribution in [-0.4, -0.2) is 81.7 Å². The second-order valence-electron chi connectivity index (χ2n) is 9.55. The van der Waals surface area contributed by atoms with Crippen molar-refractivity contribution in [3.05, 3.63) is 48.0 Å². The first-order valence-corrected chi connectivity index (χ1v) is 14.8. The lowest BCUT2D eigenvalue weighted by Gasteiger charge is -2.10. The van der Waals surface area contributed by atoms with Crippen LogP contribution < -0.4 is 10.1 Å². The molecule has 1 atom stereocenters. The van der Waals surface area contributed by atoms with Crippen LogP contribution in [0.1, 0.15) is 24.8 Å². The Hall–Kier alpha value is -3.06. The zero-order valence-corrected chi connectivity index (χ0v) is 22.9. The number of carbonyl (C=O) groups excluding carboxylic acids is 1. The molecule has 2 aromatic carbocycles. The molecule has 38 heavy (non-hydrogen) atoms. The monoisotopic (exact) mass is 558 g/mol. The molecule has 1 aliphatic carbocycles. The Kier molecular flexibility index (Phi) is 7.93. The smallest absolute Gasteiger partial charge is 0.280 e. The fraction of sp³-hybridized carbons (Fsp3) is 0.423. The molecule has 202 valence electrons. The molecule has 1 saturated carbocycles. The molecule has 0 unspecified atom stereocenters. The van der Waals surface area contributed by atoms with Gasteiger partial charge in [0.15, 0.2) is 26.8 Å². The van der Waals surface area contributed by atoms with E-state index in [2.05, 4.69) is 15.5 Å². The van der Waals surface area contributed by atoms with Gasteiger partial charge in [0.1, 0.15) is 12.4 Å². The van der Waals surface area contributed by atoms with Gasteiger partial charge in [-0.3, -0.25) is 10.1 Å². The van der Waals surface area contributed by atoms with E-state index >= 15 is 0 Å². The maximum Gasteiger partial charge on any atom is 0.280 e. The Balaban J connectivity index is 1.34. The first-order chi connectivity index (χ1) is 18.3. The van der Waals surface area contributed by atoms with Crippen molar-refractivity contribution in [1.29, 1.82) is 0 Å². The van der Waals surface area contributed by atoms with Gasteiger partial charge in [-0.05, 0) is 57.3 Å². The van der Waals surface area contributed by atoms with Gasteiger partial charge in [-0.1, -0.05) is 28.6 Å². The molecular formula is C26H30N4O6S2. The Morgan fingerprint density at radius 2 is 1.97 bits per heavy atom. The Morgan fingerprint density at radius 3 is 2.66 bits per heavy atom. The van der Waals surface area contributed by atoms with Crippen molar-refractivity contribution in [3.8, 4) is 5.75 Å². The number of nitrogens with one attached hydrogen (secondary N) is 1. The highest BCUT2D eigenvalue weighted by molar-refractivity contribution is 7.92. The predicted octanol–water partition coefficient (Wildman–Crippen LogP) is 3.32. The average Bonchev–Trinajstić information content (AvgIpc) is 3.49. The molecule has 2 fully saturated rings. The van der Waals surface area contributed by atoms with E-state index < -0.39 is 15.7 Å². The van der Waals surface area contributed by atoms with E-state index in [4.69, 9.17) is 14.3 Å². The highest BCUT2D eigenvalue weighted by atomic mass is 32.2. The van der Waals surface area contributed by atoms with Gasteiger partial charge in [0.2, 0.25) is 0 Å². The normalized spacial score (nSPS) is 18.2. The van der Waals surface area contributed by atoms with Crippen LogP contribution in [0.4, 0.5) is 5.13 Å². The molecule has 2 aliphatic rings. The van der Waals surface area contributed by atoms with Gasteiger partial charge in [-0.25, -0.2) is 13.4 Å². The van der Waals surface area contributed by atoms with Gasteiger partial charge >= 0.3 is 0 Å². The number of oxime groups is 1. The summed E-state index contributed by atoms with van der Waals surface area (Å²) in [5.41, 5.74) is 1.20. The predicted molar refractivity (Wildman–Crippen MR) is 146 cm³/mol. The molecule has 1 aliphatic heterocycles. The van der Waals surface area contributed by atoms with Crippen molar-refractivity contribution in [2.75, 3.05) is 45.8 Å². The number of thiazole rings is 1. The third-order valence-corrected chi connectivity index (χ3v) is 9.42. The molecule has 2 heterocycles. The van der Waals surface area contributed by atoms with E-state index in [1.807, 2.05) is 37.2 Å². The zero-order valence-electron chi connectivity index (χ0n) is 21.3. The summed E-state index contributed by atoms with van der Waals surface area (Å²) >= 11 is 1.32. The van der Waals surface area contributed by atoms with Gasteiger partial charge in [-0.2, -0.15) is 0 Å². The topological polar surface area (TPSA) is 119 Å². The maximum atomic E-state index is 13.3. The van der Waals surface area contributed by atoms with Crippen LogP contribution in [0, 0.1) is 0 Å². The van der Waals surface area contributed by atoms with Crippen LogP contribution in [-0.2, 0) is 24.2 Å². The van der Waals surface area contributed by atoms with E-state index in [9.17, 15) is 13.2 Å². The quantitative estimate of drug-likeness (QED) is 0.281. The van der Waals surface area contributed by atoms with Crippen molar-refractivity contribution in [3.63, 3.8) is 0 Å². The SMILES string of the molecule is CN(C)CCOc1ccc2nc(NC(=O)C(=NO[C@@H]3CCOC3)c3ccc(S(=O)(=O)C4CC4)cc3)sc2c1. The number of ether oxygens (including phenoxy) is 2. The Morgan fingerprint density at radius 1 is 1.18 bits per heavy atom. The van der Waals surface area contributed by atoms with E-state index in [1.165, 1.54) is 23.5 Å². The minimum atomic E-state index is -3.34. The number of nitrogens with zero attached hydrogens (tertiary/aromatic N) is 3. The lowest BCUT2D eigenvalue weighted by atomic mass is 10.1. The van der Waals surface area contributed by atoms with E-state index in [-0.39, 0.29) is 22.0 Å². The minimum Gasteiger partial charge on any atom is -0.492 e. The molecule has 1 amide bonds. The van der Waals surface area contributed by atoms with Crippen LogP contribution in [0.15, 0.2) is 52.5 Å². The number of amides is 1. The first-order valence-electron chi connectivity index (χ1n) is 12.4. The average molecular weight is 559 g/mol. The molecule has 0 spiro atoms. The van der Waals surface area contributed by atoms with Crippen LogP contribution in [0.25, 0.3) is 10.2 Å². The van der Waals surface area contributed by atoms with E-state index in [0.717, 1.165) is 22.5 Å². The van der Waals surface area contributed by atoms with Gasteiger partial charge in [-0.15, -0.1) is 0 Å². The van der Waals surface area contributed by atoms with Crippen LogP contribution in [0.5, 0.6) is 5.75 Å². The highest BCUT2D eigenvalue weighted by Crippen LogP contribution is 2.33. The second-order valence-corrected chi connectivity index (χ2v) is 12.8. The number of benzene rings is 2. The number of aromatic nitrogens is 1. The number of carbonyl (C=O) groups is 1. The zero-order chi connectivity index (χ0) is 26.7. The largest absolute Gasteiger partial charge is 0.492 e. The summed E-state index contributed by atoms with van der Waals surface area (Å²) in [5.74, 6) is 0.222. The number of hydrogen-bond acceptors (Lipinski definition) is 10. The molecule has 12 heteroatoms. The first kappa shape index (κ1) is 26.5. The summed E-state index contributed by atoms with van der Waals surface area (Å²) in [6.45, 7) is 2.33. The van der Waals surface area contributed by atoms with Gasteiger partial charge < -0.3 is 19.2 Å². The lowest BCUT2D eigenvalue weighted by Crippen LogP contribution is -2.25. The standard InChI is InChI=1S/C26H30N4O6S2/c1-30(2)12-14-35-18-5-10-22-23(15-18)37-26(27-22)28-25(31)24(29-36-19-11-13-34-16-19)17-3-6-20(7-4-17)38(32,33)21-8-9-21/h3-7,10,15,19,21H,8-9,11-14,16H2,1-2H3,(H,27,28,31)/t19-/m1/s1. The van der Waals surface area contributed by atoms with Gasteiger partial charge in [0.05, 0.1) is 33.6 Å². The van der Waals surface area contributed by atoms with Crippen molar-refractivity contribution in [1.82, 2.24) is 9.88 Å². The van der Waals surface area contributed by atoms with Gasteiger partial charge in [0.25, 0.3) is 5.91 Å². The van der Waals surface area contributed by atoms with Crippen molar-refractivity contribution in [2.24, 2.45) is 5.16 Å². The summed E-state index contributed by atoms with van der Waals surface area (Å²) in [6.07, 6.45) is 1.79. The third-order valence-electron chi connectivity index (χ3n) is 6.20. The van der Waals surface area contributed by atoms with Crippen LogP contribution >= 0.6 is 11.3 Å². The molecule has 0 bridgehead atoms. The summed E-state index contributed by atoms with van der Waals surface area (Å²) in [5, 5.41) is 7.06.